The molecule has 1 unspecified atom stereocenters. The normalized spacial score (nSPS) is 12.1. The molecule has 0 saturated carbocycles. The van der Waals surface area contributed by atoms with Crippen LogP contribution in [0.2, 0.25) is 0 Å². The highest BCUT2D eigenvalue weighted by molar-refractivity contribution is 9.10. The number of nitrogens with one attached hydrogen (secondary N) is 2. The predicted octanol–water partition coefficient (Wildman–Crippen LogP) is 2.85. The van der Waals surface area contributed by atoms with Gasteiger partial charge in [0.25, 0.3) is 0 Å². The highest BCUT2D eigenvalue weighted by Gasteiger charge is 2.14. The summed E-state index contributed by atoms with van der Waals surface area (Å²) in [5.41, 5.74) is 1.49. The van der Waals surface area contributed by atoms with Crippen LogP contribution in [0.1, 0.15) is 18.9 Å². The molecule has 1 aromatic carbocycles. The van der Waals surface area contributed by atoms with Crippen LogP contribution in [0.3, 0.4) is 0 Å². The van der Waals surface area contributed by atoms with Gasteiger partial charge in [-0.2, -0.15) is 0 Å². The number of methoxy groups -OCH3 is 1. The molecule has 0 saturated heterocycles. The number of carbonyl (C=O) groups excluding carboxylic acids is 1. The molecule has 0 heterocycles. The fourth-order valence-electron chi connectivity index (χ4n) is 1.68. The summed E-state index contributed by atoms with van der Waals surface area (Å²) in [6.07, 6.45) is 0.774. The monoisotopic (exact) mass is 346 g/mol. The zero-order valence-corrected chi connectivity index (χ0v) is 13.5. The zero-order valence-electron chi connectivity index (χ0n) is 11.9. The minimum absolute atomic E-state index is 0.0963. The Morgan fingerprint density at radius 2 is 2.20 bits per heavy atom. The number of ether oxygens (including phenoxy) is 1. The van der Waals surface area contributed by atoms with Crippen molar-refractivity contribution in [2.24, 2.45) is 0 Å². The number of benzene rings is 1. The van der Waals surface area contributed by atoms with Gasteiger partial charge < -0.3 is 15.4 Å². The van der Waals surface area contributed by atoms with E-state index < -0.39 is 6.04 Å². The van der Waals surface area contributed by atoms with Crippen molar-refractivity contribution < 1.29 is 13.9 Å². The molecule has 0 aromatic heterocycles. The van der Waals surface area contributed by atoms with Gasteiger partial charge >= 0.3 is 0 Å². The molecule has 1 rings (SSSR count). The number of rotatable bonds is 7. The van der Waals surface area contributed by atoms with Crippen LogP contribution in [0.25, 0.3) is 0 Å². The number of amides is 1. The van der Waals surface area contributed by atoms with Crippen molar-refractivity contribution in [3.63, 3.8) is 0 Å². The van der Waals surface area contributed by atoms with E-state index in [1.165, 1.54) is 6.07 Å². The van der Waals surface area contributed by atoms with E-state index in [2.05, 4.69) is 26.6 Å². The van der Waals surface area contributed by atoms with E-state index in [-0.39, 0.29) is 11.7 Å². The van der Waals surface area contributed by atoms with Gasteiger partial charge in [0.1, 0.15) is 11.9 Å². The van der Waals surface area contributed by atoms with Crippen LogP contribution in [0.4, 0.5) is 10.1 Å². The van der Waals surface area contributed by atoms with E-state index in [9.17, 15) is 9.18 Å². The second-order valence-electron chi connectivity index (χ2n) is 4.58. The van der Waals surface area contributed by atoms with Gasteiger partial charge in [-0.3, -0.25) is 4.79 Å². The maximum atomic E-state index is 13.3. The van der Waals surface area contributed by atoms with Gasteiger partial charge in [-0.05, 0) is 53.9 Å². The van der Waals surface area contributed by atoms with E-state index in [0.717, 1.165) is 17.7 Å². The molecule has 0 fully saturated rings. The highest BCUT2D eigenvalue weighted by atomic mass is 79.9. The molecule has 6 heteroatoms. The first kappa shape index (κ1) is 16.9. The van der Waals surface area contributed by atoms with Crippen molar-refractivity contribution >= 4 is 27.5 Å². The first-order chi connectivity index (χ1) is 9.45. The number of anilines is 1. The lowest BCUT2D eigenvalue weighted by Crippen LogP contribution is -2.38. The summed E-state index contributed by atoms with van der Waals surface area (Å²) in [6.45, 7) is 4.75. The molecule has 0 aliphatic rings. The molecule has 2 N–H and O–H groups in total. The van der Waals surface area contributed by atoms with Crippen molar-refractivity contribution in [2.45, 2.75) is 26.3 Å². The van der Waals surface area contributed by atoms with Gasteiger partial charge in [-0.25, -0.2) is 4.39 Å². The molecule has 0 bridgehead atoms. The van der Waals surface area contributed by atoms with Crippen LogP contribution in [0.5, 0.6) is 0 Å². The molecule has 20 heavy (non-hydrogen) atoms. The van der Waals surface area contributed by atoms with Gasteiger partial charge in [0.2, 0.25) is 5.91 Å². The van der Waals surface area contributed by atoms with Gasteiger partial charge in [0.05, 0.1) is 4.47 Å². The second-order valence-corrected chi connectivity index (χ2v) is 5.44. The second kappa shape index (κ2) is 8.21. The Labute approximate surface area is 127 Å². The SMILES string of the molecule is COCCCNC(=O)C(C)Nc1cc(Br)c(F)cc1C. The summed E-state index contributed by atoms with van der Waals surface area (Å²) in [5.74, 6) is -0.411. The number of halogens is 2. The van der Waals surface area contributed by atoms with Gasteiger partial charge in [-0.1, -0.05) is 0 Å². The van der Waals surface area contributed by atoms with Gasteiger partial charge in [-0.15, -0.1) is 0 Å². The summed E-state index contributed by atoms with van der Waals surface area (Å²) >= 11 is 3.14. The molecule has 4 nitrogen and oxygen atoms in total. The van der Waals surface area contributed by atoms with Crippen molar-refractivity contribution in [3.8, 4) is 0 Å². The van der Waals surface area contributed by atoms with Crippen LogP contribution in [0.15, 0.2) is 16.6 Å². The number of hydrogen-bond acceptors (Lipinski definition) is 3. The third-order valence-electron chi connectivity index (χ3n) is 2.86. The van der Waals surface area contributed by atoms with Crippen LogP contribution in [0, 0.1) is 12.7 Å². The molecular weight excluding hydrogens is 327 g/mol. The Morgan fingerprint density at radius 1 is 1.50 bits per heavy atom. The Kier molecular flexibility index (Phi) is 6.95. The Balaban J connectivity index is 2.55. The molecule has 1 aromatic rings. The van der Waals surface area contributed by atoms with Crippen molar-refractivity contribution in [1.29, 1.82) is 0 Å². The molecule has 112 valence electrons. The first-order valence-corrected chi connectivity index (χ1v) is 7.23. The zero-order chi connectivity index (χ0) is 15.1. The van der Waals surface area contributed by atoms with Crippen molar-refractivity contribution in [1.82, 2.24) is 5.32 Å². The fourth-order valence-corrected chi connectivity index (χ4v) is 2.03. The maximum absolute atomic E-state index is 13.3. The number of aryl methyl sites for hydroxylation is 1. The van der Waals surface area contributed by atoms with Crippen LogP contribution < -0.4 is 10.6 Å². The topological polar surface area (TPSA) is 50.4 Å². The van der Waals surface area contributed by atoms with E-state index in [1.54, 1.807) is 27.0 Å². The standard InChI is InChI=1S/C14H20BrFN2O2/c1-9-7-12(16)11(15)8-13(9)18-10(2)14(19)17-5-4-6-20-3/h7-8,10,18H,4-6H2,1-3H3,(H,17,19). The highest BCUT2D eigenvalue weighted by Crippen LogP contribution is 2.24. The fraction of sp³-hybridized carbons (Fsp3) is 0.500. The predicted molar refractivity (Wildman–Crippen MR) is 81.4 cm³/mol. The van der Waals surface area contributed by atoms with E-state index >= 15 is 0 Å². The first-order valence-electron chi connectivity index (χ1n) is 6.44. The van der Waals surface area contributed by atoms with Crippen LogP contribution in [-0.4, -0.2) is 32.2 Å². The molecule has 1 atom stereocenters. The average Bonchev–Trinajstić information content (AvgIpc) is 2.40. The van der Waals surface area contributed by atoms with E-state index in [4.69, 9.17) is 4.74 Å². The van der Waals surface area contributed by atoms with Gasteiger partial charge in [0, 0.05) is 25.9 Å². The lowest BCUT2D eigenvalue weighted by atomic mass is 10.1. The summed E-state index contributed by atoms with van der Waals surface area (Å²) in [7, 11) is 1.63. The summed E-state index contributed by atoms with van der Waals surface area (Å²) in [6, 6.07) is 2.67. The number of carbonyl (C=O) groups is 1. The minimum Gasteiger partial charge on any atom is -0.385 e. The molecule has 0 radical (unpaired) electrons. The molecule has 0 aliphatic heterocycles. The maximum Gasteiger partial charge on any atom is 0.242 e. The lowest BCUT2D eigenvalue weighted by Gasteiger charge is -2.17. The Hall–Kier alpha value is -1.14. The minimum atomic E-state index is -0.395. The molecule has 1 amide bonds. The quantitative estimate of drug-likeness (QED) is 0.746. The molecule has 0 aliphatic carbocycles. The largest absolute Gasteiger partial charge is 0.385 e. The van der Waals surface area contributed by atoms with Crippen LogP contribution >= 0.6 is 15.9 Å². The van der Waals surface area contributed by atoms with Crippen molar-refractivity contribution in [3.05, 3.63) is 28.0 Å². The molecule has 0 spiro atoms. The summed E-state index contributed by atoms with van der Waals surface area (Å²) in [4.78, 5) is 11.9. The third-order valence-corrected chi connectivity index (χ3v) is 3.46. The average molecular weight is 347 g/mol. The van der Waals surface area contributed by atoms with Crippen LogP contribution in [-0.2, 0) is 9.53 Å². The van der Waals surface area contributed by atoms with Crippen molar-refractivity contribution in [2.75, 3.05) is 25.6 Å². The Morgan fingerprint density at radius 3 is 2.85 bits per heavy atom. The smallest absolute Gasteiger partial charge is 0.242 e. The Bertz CT molecular complexity index is 469. The number of hydrogen-bond donors (Lipinski definition) is 2. The molecular formula is C14H20BrFN2O2. The summed E-state index contributed by atoms with van der Waals surface area (Å²) in [5, 5.41) is 5.89. The van der Waals surface area contributed by atoms with E-state index in [0.29, 0.717) is 17.6 Å². The summed E-state index contributed by atoms with van der Waals surface area (Å²) < 4.78 is 18.6. The van der Waals surface area contributed by atoms with Gasteiger partial charge in [0.15, 0.2) is 0 Å². The third kappa shape index (κ3) is 5.09. The lowest BCUT2D eigenvalue weighted by molar-refractivity contribution is -0.121. The van der Waals surface area contributed by atoms with E-state index in [1.807, 2.05) is 0 Å².